The molecule has 1 saturated heterocycles. The van der Waals surface area contributed by atoms with Gasteiger partial charge in [0.1, 0.15) is 0 Å². The molecule has 2 heterocycles. The summed E-state index contributed by atoms with van der Waals surface area (Å²) in [5.41, 5.74) is 1.19. The molecule has 0 spiro atoms. The number of nitrogens with zero attached hydrogens (tertiary/aromatic N) is 2. The second-order valence-electron chi connectivity index (χ2n) is 6.92. The van der Waals surface area contributed by atoms with Crippen LogP contribution < -0.4 is 5.32 Å². The molecule has 0 aliphatic carbocycles. The third-order valence-corrected chi connectivity index (χ3v) is 6.04. The molecular weight excluding hydrogens is 346 g/mol. The summed E-state index contributed by atoms with van der Waals surface area (Å²) in [6.45, 7) is 3.00. The second-order valence-corrected chi connectivity index (χ2v) is 7.94. The summed E-state index contributed by atoms with van der Waals surface area (Å²) in [5.74, 6) is 0.658. The van der Waals surface area contributed by atoms with Crippen LogP contribution in [0.15, 0.2) is 35.4 Å². The Bertz CT molecular complexity index is 786. The van der Waals surface area contributed by atoms with Crippen molar-refractivity contribution in [3.63, 3.8) is 0 Å². The lowest BCUT2D eigenvalue weighted by Crippen LogP contribution is -2.46. The monoisotopic (exact) mass is 373 g/mol. The molecule has 5 nitrogen and oxygen atoms in total. The van der Waals surface area contributed by atoms with E-state index >= 15 is 0 Å². The average Bonchev–Trinajstić information content (AvgIpc) is 2.96. The summed E-state index contributed by atoms with van der Waals surface area (Å²) in [4.78, 5) is 27.1. The Labute approximate surface area is 159 Å². The van der Waals surface area contributed by atoms with Crippen LogP contribution in [0.4, 0.5) is 0 Å². The van der Waals surface area contributed by atoms with Crippen molar-refractivity contribution >= 4 is 34.5 Å². The summed E-state index contributed by atoms with van der Waals surface area (Å²) >= 11 is 1.62. The lowest BCUT2D eigenvalue weighted by atomic mass is 9.99. The fourth-order valence-electron chi connectivity index (χ4n) is 3.69. The molecule has 1 N–H and O–H groups in total. The van der Waals surface area contributed by atoms with E-state index in [9.17, 15) is 9.59 Å². The fraction of sp³-hybridized carbons (Fsp3) is 0.500. The topological polar surface area (TPSA) is 54.3 Å². The summed E-state index contributed by atoms with van der Waals surface area (Å²) < 4.78 is 2.11. The Morgan fingerprint density at radius 2 is 2.08 bits per heavy atom. The van der Waals surface area contributed by atoms with Crippen LogP contribution >= 0.6 is 11.8 Å². The van der Waals surface area contributed by atoms with Crippen LogP contribution in [0.25, 0.3) is 10.9 Å². The van der Waals surface area contributed by atoms with Gasteiger partial charge in [0.25, 0.3) is 0 Å². The molecule has 1 atom stereocenters. The van der Waals surface area contributed by atoms with Gasteiger partial charge in [0.15, 0.2) is 0 Å². The Kier molecular flexibility index (Phi) is 6.25. The molecule has 1 aromatic carbocycles. The molecule has 0 saturated carbocycles. The maximum absolute atomic E-state index is 12.8. The Balaban J connectivity index is 1.61. The van der Waals surface area contributed by atoms with Gasteiger partial charge in [-0.25, -0.2) is 0 Å². The maximum atomic E-state index is 12.8. The van der Waals surface area contributed by atoms with E-state index in [-0.39, 0.29) is 17.9 Å². The van der Waals surface area contributed by atoms with Gasteiger partial charge in [0.05, 0.1) is 5.75 Å². The Hall–Kier alpha value is -1.95. The number of likely N-dealkylation sites (tertiary alicyclic amines) is 1. The van der Waals surface area contributed by atoms with Crippen LogP contribution in [0.2, 0.25) is 0 Å². The summed E-state index contributed by atoms with van der Waals surface area (Å²) in [6, 6.07) is 8.53. The summed E-state index contributed by atoms with van der Waals surface area (Å²) in [7, 11) is 2.04. The first-order valence-corrected chi connectivity index (χ1v) is 10.3. The Morgan fingerprint density at radius 1 is 1.27 bits per heavy atom. The molecule has 0 bridgehead atoms. The highest BCUT2D eigenvalue weighted by Gasteiger charge is 2.26. The number of fused-ring (bicyclic) bond motifs is 1. The largest absolute Gasteiger partial charge is 0.356 e. The molecule has 2 amide bonds. The standard InChI is InChI=1S/C20H27N3O2S/c1-15(24)21-11-10-16-7-5-6-12-23(16)20(25)14-26-19-13-22(2)18-9-4-3-8-17(18)19/h3-4,8-9,13,16H,5-7,10-12,14H2,1-2H3,(H,21,24)/t16-/m1/s1. The second kappa shape index (κ2) is 8.62. The molecule has 0 radical (unpaired) electrons. The lowest BCUT2D eigenvalue weighted by molar-refractivity contribution is -0.132. The van der Waals surface area contributed by atoms with E-state index in [1.54, 1.807) is 11.8 Å². The highest BCUT2D eigenvalue weighted by Crippen LogP contribution is 2.30. The predicted molar refractivity (Wildman–Crippen MR) is 106 cm³/mol. The number of carbonyl (C=O) groups excluding carboxylic acids is 2. The molecule has 6 heteroatoms. The zero-order valence-electron chi connectivity index (χ0n) is 15.5. The number of thioether (sulfide) groups is 1. The van der Waals surface area contributed by atoms with Crippen LogP contribution in [-0.4, -0.2) is 46.2 Å². The molecular formula is C20H27N3O2S. The van der Waals surface area contributed by atoms with E-state index in [1.165, 1.54) is 17.8 Å². The molecule has 140 valence electrons. The molecule has 3 rings (SSSR count). The summed E-state index contributed by atoms with van der Waals surface area (Å²) in [5, 5.41) is 4.05. The van der Waals surface area contributed by atoms with Gasteiger partial charge in [0, 0.05) is 55.1 Å². The van der Waals surface area contributed by atoms with Gasteiger partial charge < -0.3 is 14.8 Å². The number of aryl methyl sites for hydroxylation is 1. The smallest absolute Gasteiger partial charge is 0.233 e. The number of hydrogen-bond donors (Lipinski definition) is 1. The number of nitrogens with one attached hydrogen (secondary N) is 1. The highest BCUT2D eigenvalue weighted by atomic mass is 32.2. The number of rotatable bonds is 6. The van der Waals surface area contributed by atoms with Crippen LogP contribution in [0.3, 0.4) is 0 Å². The van der Waals surface area contributed by atoms with Crippen molar-refractivity contribution in [2.75, 3.05) is 18.8 Å². The average molecular weight is 374 g/mol. The van der Waals surface area contributed by atoms with Crippen LogP contribution in [0, 0.1) is 0 Å². The molecule has 1 aromatic heterocycles. The molecule has 2 aromatic rings. The zero-order chi connectivity index (χ0) is 18.5. The van der Waals surface area contributed by atoms with Gasteiger partial charge >= 0.3 is 0 Å². The SMILES string of the molecule is CC(=O)NCC[C@H]1CCCCN1C(=O)CSc1cn(C)c2ccccc12. The van der Waals surface area contributed by atoms with Crippen molar-refractivity contribution < 1.29 is 9.59 Å². The first kappa shape index (κ1) is 18.8. The first-order valence-electron chi connectivity index (χ1n) is 9.27. The normalized spacial score (nSPS) is 17.5. The third kappa shape index (κ3) is 4.41. The van der Waals surface area contributed by atoms with Gasteiger partial charge in [-0.05, 0) is 31.7 Å². The number of hydrogen-bond acceptors (Lipinski definition) is 3. The van der Waals surface area contributed by atoms with Gasteiger partial charge in [0.2, 0.25) is 11.8 Å². The molecule has 1 fully saturated rings. The first-order chi connectivity index (χ1) is 12.6. The van der Waals surface area contributed by atoms with Crippen LogP contribution in [-0.2, 0) is 16.6 Å². The minimum Gasteiger partial charge on any atom is -0.356 e. The minimum atomic E-state index is -0.00908. The van der Waals surface area contributed by atoms with E-state index < -0.39 is 0 Å². The van der Waals surface area contributed by atoms with Crippen molar-refractivity contribution in [1.29, 1.82) is 0 Å². The van der Waals surface area contributed by atoms with Crippen molar-refractivity contribution in [3.8, 4) is 0 Å². The van der Waals surface area contributed by atoms with E-state index in [2.05, 4.69) is 28.2 Å². The lowest BCUT2D eigenvalue weighted by Gasteiger charge is -2.36. The number of amides is 2. The fourth-order valence-corrected chi connectivity index (χ4v) is 4.69. The van der Waals surface area contributed by atoms with E-state index in [0.29, 0.717) is 12.3 Å². The van der Waals surface area contributed by atoms with Crippen molar-refractivity contribution in [1.82, 2.24) is 14.8 Å². The molecule has 1 aliphatic rings. The maximum Gasteiger partial charge on any atom is 0.233 e. The van der Waals surface area contributed by atoms with Gasteiger partial charge in [-0.1, -0.05) is 18.2 Å². The molecule has 26 heavy (non-hydrogen) atoms. The van der Waals surface area contributed by atoms with Crippen molar-refractivity contribution in [2.24, 2.45) is 7.05 Å². The van der Waals surface area contributed by atoms with Crippen molar-refractivity contribution in [3.05, 3.63) is 30.5 Å². The number of carbonyl (C=O) groups is 2. The minimum absolute atomic E-state index is 0.00908. The molecule has 1 aliphatic heterocycles. The summed E-state index contributed by atoms with van der Waals surface area (Å²) in [6.07, 6.45) is 6.20. The van der Waals surface area contributed by atoms with Gasteiger partial charge in [-0.15, -0.1) is 11.8 Å². The van der Waals surface area contributed by atoms with Crippen LogP contribution in [0.5, 0.6) is 0 Å². The number of aromatic nitrogens is 1. The van der Waals surface area contributed by atoms with E-state index in [1.807, 2.05) is 24.1 Å². The van der Waals surface area contributed by atoms with Gasteiger partial charge in [-0.3, -0.25) is 9.59 Å². The zero-order valence-corrected chi connectivity index (χ0v) is 16.3. The van der Waals surface area contributed by atoms with E-state index in [0.717, 1.165) is 37.1 Å². The van der Waals surface area contributed by atoms with Crippen LogP contribution in [0.1, 0.15) is 32.6 Å². The molecule has 0 unspecified atom stereocenters. The van der Waals surface area contributed by atoms with E-state index in [4.69, 9.17) is 0 Å². The van der Waals surface area contributed by atoms with Crippen molar-refractivity contribution in [2.45, 2.75) is 43.5 Å². The van der Waals surface area contributed by atoms with Gasteiger partial charge in [-0.2, -0.15) is 0 Å². The third-order valence-electron chi connectivity index (χ3n) is 5.01. The Morgan fingerprint density at radius 3 is 2.88 bits per heavy atom. The number of piperidine rings is 1. The highest BCUT2D eigenvalue weighted by molar-refractivity contribution is 8.00. The quantitative estimate of drug-likeness (QED) is 0.791. The number of benzene rings is 1. The number of para-hydroxylation sites is 1. The predicted octanol–water partition coefficient (Wildman–Crippen LogP) is 3.18.